The van der Waals surface area contributed by atoms with Crippen molar-refractivity contribution in [2.75, 3.05) is 13.7 Å². The fourth-order valence-corrected chi connectivity index (χ4v) is 1.69. The highest BCUT2D eigenvalue weighted by molar-refractivity contribution is 5.82. The van der Waals surface area contributed by atoms with Gasteiger partial charge in [0, 0.05) is 26.2 Å². The Balaban J connectivity index is 4.00. The van der Waals surface area contributed by atoms with Crippen LogP contribution in [0.3, 0.4) is 0 Å². The topological polar surface area (TPSA) is 87.7 Å². The Kier molecular flexibility index (Phi) is 9.88. The number of aliphatic carboxylic acids is 1. The van der Waals surface area contributed by atoms with Crippen LogP contribution in [0, 0.1) is 0 Å². The molecule has 0 saturated heterocycles. The minimum atomic E-state index is -1.05. The van der Waals surface area contributed by atoms with Gasteiger partial charge in [0.05, 0.1) is 0 Å². The Bertz CT molecular complexity index is 271. The van der Waals surface area contributed by atoms with Crippen LogP contribution in [-0.4, -0.2) is 42.9 Å². The Morgan fingerprint density at radius 2 is 1.89 bits per heavy atom. The van der Waals surface area contributed by atoms with Crippen molar-refractivity contribution in [3.63, 3.8) is 0 Å². The lowest BCUT2D eigenvalue weighted by Gasteiger charge is -2.18. The van der Waals surface area contributed by atoms with Crippen LogP contribution >= 0.6 is 0 Å². The summed E-state index contributed by atoms with van der Waals surface area (Å²) < 4.78 is 4.82. The van der Waals surface area contributed by atoms with Crippen LogP contribution in [0.25, 0.3) is 0 Å². The van der Waals surface area contributed by atoms with Gasteiger partial charge in [0.15, 0.2) is 0 Å². The predicted molar refractivity (Wildman–Crippen MR) is 73.2 cm³/mol. The number of nitrogens with one attached hydrogen (secondary N) is 2. The molecule has 0 aliphatic rings. The molecule has 19 heavy (non-hydrogen) atoms. The van der Waals surface area contributed by atoms with Crippen molar-refractivity contribution < 1.29 is 19.4 Å². The van der Waals surface area contributed by atoms with Gasteiger partial charge in [-0.15, -0.1) is 0 Å². The molecule has 6 nitrogen and oxygen atoms in total. The van der Waals surface area contributed by atoms with Crippen molar-refractivity contribution in [1.82, 2.24) is 10.6 Å². The summed E-state index contributed by atoms with van der Waals surface area (Å²) in [6.45, 7) is 4.33. The van der Waals surface area contributed by atoms with E-state index in [0.29, 0.717) is 6.61 Å². The molecular weight excluding hydrogens is 248 g/mol. The molecule has 0 heterocycles. The lowest BCUT2D eigenvalue weighted by atomic mass is 10.1. The molecule has 6 heteroatoms. The standard InChI is InChI=1S/C13H26N2O4/c1-4-5-6-7-10(2)14-13(18)15-11(12(16)17)8-9-19-3/h10-11H,4-9H2,1-3H3,(H,16,17)(H2,14,15,18). The van der Waals surface area contributed by atoms with Crippen LogP contribution in [-0.2, 0) is 9.53 Å². The number of rotatable bonds is 10. The Morgan fingerprint density at radius 1 is 1.21 bits per heavy atom. The molecule has 0 aromatic heterocycles. The zero-order valence-electron chi connectivity index (χ0n) is 12.1. The Morgan fingerprint density at radius 3 is 2.42 bits per heavy atom. The number of carbonyl (C=O) groups is 2. The maximum atomic E-state index is 11.6. The smallest absolute Gasteiger partial charge is 0.326 e. The molecule has 0 spiro atoms. The number of hydrogen-bond donors (Lipinski definition) is 3. The van der Waals surface area contributed by atoms with E-state index in [9.17, 15) is 9.59 Å². The molecule has 0 radical (unpaired) electrons. The molecule has 112 valence electrons. The van der Waals surface area contributed by atoms with E-state index in [0.717, 1.165) is 25.7 Å². The maximum Gasteiger partial charge on any atom is 0.326 e. The minimum Gasteiger partial charge on any atom is -0.480 e. The number of hydrogen-bond acceptors (Lipinski definition) is 3. The van der Waals surface area contributed by atoms with Gasteiger partial charge in [0.1, 0.15) is 6.04 Å². The highest BCUT2D eigenvalue weighted by Crippen LogP contribution is 2.02. The first-order valence-corrected chi connectivity index (χ1v) is 6.80. The second-order valence-electron chi connectivity index (χ2n) is 4.69. The quantitative estimate of drug-likeness (QED) is 0.530. The van der Waals surface area contributed by atoms with Crippen LogP contribution < -0.4 is 10.6 Å². The summed E-state index contributed by atoms with van der Waals surface area (Å²) in [6, 6.07) is -1.31. The molecule has 2 unspecified atom stereocenters. The van der Waals surface area contributed by atoms with Gasteiger partial charge in [-0.25, -0.2) is 9.59 Å². The van der Waals surface area contributed by atoms with E-state index < -0.39 is 18.0 Å². The summed E-state index contributed by atoms with van der Waals surface area (Å²) in [5.74, 6) is -1.05. The molecule has 0 bridgehead atoms. The number of carbonyl (C=O) groups excluding carboxylic acids is 1. The van der Waals surface area contributed by atoms with Crippen molar-refractivity contribution in [3.8, 4) is 0 Å². The normalized spacial score (nSPS) is 13.6. The van der Waals surface area contributed by atoms with Gasteiger partial charge in [-0.05, 0) is 13.3 Å². The van der Waals surface area contributed by atoms with Crippen LogP contribution in [0.4, 0.5) is 4.79 Å². The lowest BCUT2D eigenvalue weighted by Crippen LogP contribution is -2.48. The minimum absolute atomic E-state index is 0.0448. The van der Waals surface area contributed by atoms with Gasteiger partial charge >= 0.3 is 12.0 Å². The number of urea groups is 1. The highest BCUT2D eigenvalue weighted by atomic mass is 16.5. The molecule has 0 rings (SSSR count). The average Bonchev–Trinajstić information content (AvgIpc) is 2.34. The predicted octanol–water partition coefficient (Wildman–Crippen LogP) is 1.74. The van der Waals surface area contributed by atoms with Gasteiger partial charge in [-0.1, -0.05) is 26.2 Å². The maximum absolute atomic E-state index is 11.6. The second kappa shape index (κ2) is 10.6. The fourth-order valence-electron chi connectivity index (χ4n) is 1.69. The molecule has 0 aliphatic carbocycles. The number of ether oxygens (including phenoxy) is 1. The molecule has 0 aromatic carbocycles. The number of carboxylic acids is 1. The zero-order chi connectivity index (χ0) is 14.7. The SMILES string of the molecule is CCCCCC(C)NC(=O)NC(CCOC)C(=O)O. The van der Waals surface area contributed by atoms with Gasteiger partial charge < -0.3 is 20.5 Å². The van der Waals surface area contributed by atoms with Crippen LogP contribution in [0.15, 0.2) is 0 Å². The van der Waals surface area contributed by atoms with E-state index in [4.69, 9.17) is 9.84 Å². The third-order valence-electron chi connectivity index (χ3n) is 2.83. The molecule has 2 amide bonds. The van der Waals surface area contributed by atoms with Gasteiger partial charge in [0.2, 0.25) is 0 Å². The molecular formula is C13H26N2O4. The molecule has 0 fully saturated rings. The number of methoxy groups -OCH3 is 1. The summed E-state index contributed by atoms with van der Waals surface area (Å²) in [4.78, 5) is 22.6. The van der Waals surface area contributed by atoms with E-state index in [-0.39, 0.29) is 12.5 Å². The summed E-state index contributed by atoms with van der Waals surface area (Å²) >= 11 is 0. The summed E-state index contributed by atoms with van der Waals surface area (Å²) in [6.07, 6.45) is 4.49. The Hall–Kier alpha value is -1.30. The van der Waals surface area contributed by atoms with Gasteiger partial charge in [0.25, 0.3) is 0 Å². The van der Waals surface area contributed by atoms with E-state index in [1.807, 2.05) is 6.92 Å². The first kappa shape index (κ1) is 17.7. The van der Waals surface area contributed by atoms with Gasteiger partial charge in [-0.2, -0.15) is 0 Å². The number of unbranched alkanes of at least 4 members (excludes halogenated alkanes) is 2. The molecule has 0 saturated carbocycles. The van der Waals surface area contributed by atoms with Crippen molar-refractivity contribution in [2.24, 2.45) is 0 Å². The summed E-state index contributed by atoms with van der Waals surface area (Å²) in [5, 5.41) is 14.1. The van der Waals surface area contributed by atoms with Crippen molar-refractivity contribution >= 4 is 12.0 Å². The molecule has 0 aromatic rings. The lowest BCUT2D eigenvalue weighted by molar-refractivity contribution is -0.139. The fraction of sp³-hybridized carbons (Fsp3) is 0.846. The molecule has 0 aliphatic heterocycles. The van der Waals surface area contributed by atoms with E-state index in [2.05, 4.69) is 17.6 Å². The number of amides is 2. The third-order valence-corrected chi connectivity index (χ3v) is 2.83. The van der Waals surface area contributed by atoms with E-state index in [1.165, 1.54) is 7.11 Å². The monoisotopic (exact) mass is 274 g/mol. The van der Waals surface area contributed by atoms with E-state index in [1.54, 1.807) is 0 Å². The molecule has 3 N–H and O–H groups in total. The van der Waals surface area contributed by atoms with Crippen molar-refractivity contribution in [1.29, 1.82) is 0 Å². The largest absolute Gasteiger partial charge is 0.480 e. The van der Waals surface area contributed by atoms with Crippen LogP contribution in [0.1, 0.15) is 46.0 Å². The Labute approximate surface area is 114 Å². The van der Waals surface area contributed by atoms with Crippen molar-refractivity contribution in [3.05, 3.63) is 0 Å². The summed E-state index contributed by atoms with van der Waals surface area (Å²) in [5.41, 5.74) is 0. The van der Waals surface area contributed by atoms with E-state index >= 15 is 0 Å². The highest BCUT2D eigenvalue weighted by Gasteiger charge is 2.20. The first-order valence-electron chi connectivity index (χ1n) is 6.80. The zero-order valence-corrected chi connectivity index (χ0v) is 12.1. The third kappa shape index (κ3) is 9.30. The second-order valence-corrected chi connectivity index (χ2v) is 4.69. The number of carboxylic acid groups (broad SMARTS) is 1. The average molecular weight is 274 g/mol. The van der Waals surface area contributed by atoms with Gasteiger partial charge in [-0.3, -0.25) is 0 Å². The van der Waals surface area contributed by atoms with Crippen molar-refractivity contribution in [2.45, 2.75) is 58.0 Å². The van der Waals surface area contributed by atoms with Crippen LogP contribution in [0.5, 0.6) is 0 Å². The summed E-state index contributed by atoms with van der Waals surface area (Å²) in [7, 11) is 1.49. The van der Waals surface area contributed by atoms with Crippen LogP contribution in [0.2, 0.25) is 0 Å². The first-order chi connectivity index (χ1) is 9.01. The molecule has 2 atom stereocenters.